The molecule has 7 heteroatoms. The molecule has 1 atom stereocenters. The number of nitrogens with one attached hydrogen (secondary N) is 2. The second-order valence-corrected chi connectivity index (χ2v) is 4.68. The highest BCUT2D eigenvalue weighted by atomic mass is 16.5. The van der Waals surface area contributed by atoms with Crippen molar-refractivity contribution >= 4 is 17.5 Å². The number of hydrogen-bond donors (Lipinski definition) is 3. The van der Waals surface area contributed by atoms with Gasteiger partial charge in [-0.1, -0.05) is 0 Å². The molecule has 2 rings (SSSR count). The lowest BCUT2D eigenvalue weighted by atomic mass is 10.1. The third-order valence-corrected chi connectivity index (χ3v) is 3.13. The molecule has 1 aromatic heterocycles. The van der Waals surface area contributed by atoms with E-state index in [0.29, 0.717) is 18.0 Å². The average Bonchev–Trinajstić information content (AvgIpc) is 2.72. The van der Waals surface area contributed by atoms with Gasteiger partial charge in [0.1, 0.15) is 0 Å². The number of aromatic nitrogens is 2. The maximum Gasteiger partial charge on any atom is 0.271 e. The summed E-state index contributed by atoms with van der Waals surface area (Å²) in [6.45, 7) is 2.42. The van der Waals surface area contributed by atoms with Gasteiger partial charge in [-0.15, -0.1) is 0 Å². The monoisotopic (exact) mass is 266 g/mol. The second kappa shape index (κ2) is 5.83. The van der Waals surface area contributed by atoms with Crippen LogP contribution in [0.25, 0.3) is 0 Å². The summed E-state index contributed by atoms with van der Waals surface area (Å²) in [5, 5.41) is 9.07. The van der Waals surface area contributed by atoms with Crippen molar-refractivity contribution in [3.05, 3.63) is 11.4 Å². The molecule has 1 unspecified atom stereocenters. The minimum atomic E-state index is -0.673. The van der Waals surface area contributed by atoms with Gasteiger partial charge in [0.2, 0.25) is 5.91 Å². The number of hydrogen-bond acceptors (Lipinski definition) is 4. The molecule has 0 bridgehead atoms. The zero-order chi connectivity index (χ0) is 13.8. The number of amides is 2. The van der Waals surface area contributed by atoms with Crippen molar-refractivity contribution in [2.75, 3.05) is 11.9 Å². The van der Waals surface area contributed by atoms with Gasteiger partial charge in [0.15, 0.2) is 5.69 Å². The number of carbonyl (C=O) groups excluding carboxylic acids is 2. The summed E-state index contributed by atoms with van der Waals surface area (Å²) < 4.78 is 5.50. The molecule has 4 N–H and O–H groups in total. The molecule has 1 aromatic rings. The van der Waals surface area contributed by atoms with Gasteiger partial charge >= 0.3 is 0 Å². The SMILES string of the molecule is Cc1[nH]nc(C(N)=O)c1NC(=O)CC1CCCCO1. The summed E-state index contributed by atoms with van der Waals surface area (Å²) in [5.74, 6) is -0.868. The smallest absolute Gasteiger partial charge is 0.271 e. The average molecular weight is 266 g/mol. The van der Waals surface area contributed by atoms with Crippen LogP contribution in [0.2, 0.25) is 0 Å². The molecule has 19 heavy (non-hydrogen) atoms. The largest absolute Gasteiger partial charge is 0.378 e. The molecule has 0 saturated carbocycles. The first-order valence-corrected chi connectivity index (χ1v) is 6.34. The minimum absolute atomic E-state index is 0.0435. The predicted octanol–water partition coefficient (Wildman–Crippen LogP) is 0.715. The van der Waals surface area contributed by atoms with E-state index in [1.807, 2.05) is 0 Å². The molecular weight excluding hydrogens is 248 g/mol. The number of nitrogens with two attached hydrogens (primary N) is 1. The van der Waals surface area contributed by atoms with E-state index in [4.69, 9.17) is 10.5 Å². The zero-order valence-corrected chi connectivity index (χ0v) is 10.9. The Morgan fingerprint density at radius 2 is 2.32 bits per heavy atom. The second-order valence-electron chi connectivity index (χ2n) is 4.68. The van der Waals surface area contributed by atoms with E-state index in [-0.39, 0.29) is 24.1 Å². The van der Waals surface area contributed by atoms with Crippen molar-refractivity contribution < 1.29 is 14.3 Å². The number of aryl methyl sites for hydroxylation is 1. The number of carbonyl (C=O) groups is 2. The lowest BCUT2D eigenvalue weighted by molar-refractivity contribution is -0.119. The Morgan fingerprint density at radius 3 is 2.95 bits per heavy atom. The summed E-state index contributed by atoms with van der Waals surface area (Å²) >= 11 is 0. The van der Waals surface area contributed by atoms with Crippen molar-refractivity contribution in [1.29, 1.82) is 0 Å². The summed E-state index contributed by atoms with van der Waals surface area (Å²) in [7, 11) is 0. The number of primary amides is 1. The third-order valence-electron chi connectivity index (χ3n) is 3.13. The molecular formula is C12H18N4O3. The predicted molar refractivity (Wildman–Crippen MR) is 68.7 cm³/mol. The molecule has 0 aliphatic carbocycles. The van der Waals surface area contributed by atoms with Gasteiger partial charge < -0.3 is 15.8 Å². The van der Waals surface area contributed by atoms with E-state index >= 15 is 0 Å². The lowest BCUT2D eigenvalue weighted by Crippen LogP contribution is -2.26. The van der Waals surface area contributed by atoms with Crippen LogP contribution in [-0.4, -0.2) is 34.7 Å². The lowest BCUT2D eigenvalue weighted by Gasteiger charge is -2.21. The molecule has 1 fully saturated rings. The van der Waals surface area contributed by atoms with Crippen molar-refractivity contribution in [3.8, 4) is 0 Å². The molecule has 1 saturated heterocycles. The van der Waals surface area contributed by atoms with Gasteiger partial charge in [0.25, 0.3) is 5.91 Å². The van der Waals surface area contributed by atoms with Gasteiger partial charge in [0.05, 0.1) is 23.9 Å². The Bertz CT molecular complexity index is 477. The number of anilines is 1. The topological polar surface area (TPSA) is 110 Å². The summed E-state index contributed by atoms with van der Waals surface area (Å²) in [6.07, 6.45) is 3.25. The first-order valence-electron chi connectivity index (χ1n) is 6.34. The summed E-state index contributed by atoms with van der Waals surface area (Å²) in [5.41, 5.74) is 6.20. The van der Waals surface area contributed by atoms with E-state index in [1.54, 1.807) is 6.92 Å². The van der Waals surface area contributed by atoms with E-state index in [1.165, 1.54) is 0 Å². The molecule has 2 amide bonds. The molecule has 7 nitrogen and oxygen atoms in total. The number of aromatic amines is 1. The fraction of sp³-hybridized carbons (Fsp3) is 0.583. The zero-order valence-electron chi connectivity index (χ0n) is 10.9. The Hall–Kier alpha value is -1.89. The molecule has 1 aliphatic heterocycles. The van der Waals surface area contributed by atoms with Gasteiger partial charge in [-0.05, 0) is 26.2 Å². The Balaban J connectivity index is 1.98. The van der Waals surface area contributed by atoms with Crippen LogP contribution in [0.15, 0.2) is 0 Å². The normalized spacial score (nSPS) is 19.1. The summed E-state index contributed by atoms with van der Waals surface area (Å²) in [6, 6.07) is 0. The number of ether oxygens (including phenoxy) is 1. The van der Waals surface area contributed by atoms with E-state index in [0.717, 1.165) is 19.3 Å². The van der Waals surface area contributed by atoms with Crippen molar-refractivity contribution in [1.82, 2.24) is 10.2 Å². The molecule has 0 spiro atoms. The maximum atomic E-state index is 11.9. The van der Waals surface area contributed by atoms with Gasteiger partial charge in [-0.25, -0.2) is 0 Å². The van der Waals surface area contributed by atoms with E-state index in [9.17, 15) is 9.59 Å². The highest BCUT2D eigenvalue weighted by Crippen LogP contribution is 2.19. The first-order chi connectivity index (χ1) is 9.08. The molecule has 2 heterocycles. The van der Waals surface area contributed by atoms with Crippen molar-refractivity contribution in [3.63, 3.8) is 0 Å². The molecule has 1 aliphatic rings. The Labute approximate surface area is 110 Å². The van der Waals surface area contributed by atoms with Crippen LogP contribution in [0, 0.1) is 6.92 Å². The Kier molecular flexibility index (Phi) is 4.16. The van der Waals surface area contributed by atoms with Crippen LogP contribution < -0.4 is 11.1 Å². The number of rotatable bonds is 4. The van der Waals surface area contributed by atoms with Gasteiger partial charge in [0, 0.05) is 6.61 Å². The minimum Gasteiger partial charge on any atom is -0.378 e. The van der Waals surface area contributed by atoms with Crippen LogP contribution in [0.4, 0.5) is 5.69 Å². The van der Waals surface area contributed by atoms with Crippen molar-refractivity contribution in [2.45, 2.75) is 38.7 Å². The third kappa shape index (κ3) is 3.31. The fourth-order valence-electron chi connectivity index (χ4n) is 2.13. The molecule has 0 aromatic carbocycles. The standard InChI is InChI=1S/C12H18N4O3/c1-7-10(11(12(13)18)16-15-7)14-9(17)6-8-4-2-3-5-19-8/h8H,2-6H2,1H3,(H2,13,18)(H,14,17)(H,15,16). The van der Waals surface area contributed by atoms with E-state index in [2.05, 4.69) is 15.5 Å². The van der Waals surface area contributed by atoms with Crippen LogP contribution in [0.5, 0.6) is 0 Å². The number of H-pyrrole nitrogens is 1. The van der Waals surface area contributed by atoms with Crippen molar-refractivity contribution in [2.24, 2.45) is 5.73 Å². The van der Waals surface area contributed by atoms with Crippen LogP contribution in [0.1, 0.15) is 41.9 Å². The fourth-order valence-corrected chi connectivity index (χ4v) is 2.13. The highest BCUT2D eigenvalue weighted by molar-refractivity contribution is 6.02. The number of nitrogens with zero attached hydrogens (tertiary/aromatic N) is 1. The molecule has 104 valence electrons. The van der Waals surface area contributed by atoms with Crippen LogP contribution in [-0.2, 0) is 9.53 Å². The van der Waals surface area contributed by atoms with Gasteiger partial charge in [-0.3, -0.25) is 14.7 Å². The maximum absolute atomic E-state index is 11.9. The van der Waals surface area contributed by atoms with E-state index < -0.39 is 5.91 Å². The first kappa shape index (κ1) is 13.5. The van der Waals surface area contributed by atoms with Crippen LogP contribution in [0.3, 0.4) is 0 Å². The quantitative estimate of drug-likeness (QED) is 0.745. The molecule has 0 radical (unpaired) electrons. The Morgan fingerprint density at radius 1 is 1.53 bits per heavy atom. The van der Waals surface area contributed by atoms with Gasteiger partial charge in [-0.2, -0.15) is 5.10 Å². The highest BCUT2D eigenvalue weighted by Gasteiger charge is 2.21. The summed E-state index contributed by atoms with van der Waals surface area (Å²) in [4.78, 5) is 23.1. The van der Waals surface area contributed by atoms with Crippen LogP contribution >= 0.6 is 0 Å².